The molecule has 0 aromatic heterocycles. The van der Waals surface area contributed by atoms with Gasteiger partial charge in [0.15, 0.2) is 5.60 Å². The van der Waals surface area contributed by atoms with Crippen molar-refractivity contribution in [3.63, 3.8) is 0 Å². The zero-order valence-corrected chi connectivity index (χ0v) is 24.4. The highest BCUT2D eigenvalue weighted by Crippen LogP contribution is 2.60. The molecule has 2 fully saturated rings. The van der Waals surface area contributed by atoms with E-state index in [0.717, 1.165) is 24.9 Å². The number of nitrogens with one attached hydrogen (secondary N) is 2. The normalized spacial score (nSPS) is 28.7. The van der Waals surface area contributed by atoms with E-state index < -0.39 is 31.6 Å². The molecule has 2 saturated heterocycles. The van der Waals surface area contributed by atoms with E-state index in [0.29, 0.717) is 28.5 Å². The SMILES string of the molecule is C[C@H]1[C@H]([Si](C)(C)F)[C@@H](CCO)O[C@]12C(=O)N(Cc1cccc(NC(=O)C3CCCNC3)c1)c1ccc(Cl)cc12. The Kier molecular flexibility index (Phi) is 7.91. The summed E-state index contributed by atoms with van der Waals surface area (Å²) in [6.45, 7) is 6.88. The average Bonchev–Trinajstić information content (AvgIpc) is 3.31. The molecule has 0 saturated carbocycles. The molecule has 210 valence electrons. The highest BCUT2D eigenvalue weighted by atomic mass is 35.5. The summed E-state index contributed by atoms with van der Waals surface area (Å²) in [6, 6.07) is 12.8. The topological polar surface area (TPSA) is 90.9 Å². The molecular formula is C29H37ClFN3O4Si. The van der Waals surface area contributed by atoms with Crippen molar-refractivity contribution in [3.05, 3.63) is 58.6 Å². The van der Waals surface area contributed by atoms with Crippen molar-refractivity contribution in [2.45, 2.75) is 63.1 Å². The van der Waals surface area contributed by atoms with Crippen molar-refractivity contribution >= 4 is 43.2 Å². The van der Waals surface area contributed by atoms with Crippen molar-refractivity contribution in [3.8, 4) is 0 Å². The fraction of sp³-hybridized carbons (Fsp3) is 0.517. The smallest absolute Gasteiger partial charge is 0.264 e. The van der Waals surface area contributed by atoms with Gasteiger partial charge in [0.2, 0.25) is 14.3 Å². The van der Waals surface area contributed by atoms with Crippen LogP contribution in [0.5, 0.6) is 0 Å². The van der Waals surface area contributed by atoms with E-state index in [1.165, 1.54) is 0 Å². The quantitative estimate of drug-likeness (QED) is 0.321. The van der Waals surface area contributed by atoms with Crippen LogP contribution in [0.4, 0.5) is 15.5 Å². The lowest BCUT2D eigenvalue weighted by Crippen LogP contribution is -2.45. The monoisotopic (exact) mass is 573 g/mol. The molecule has 3 aliphatic rings. The Labute approximate surface area is 235 Å². The zero-order chi connectivity index (χ0) is 27.9. The summed E-state index contributed by atoms with van der Waals surface area (Å²) in [6.07, 6.45) is 1.53. The van der Waals surface area contributed by atoms with Gasteiger partial charge in [-0.1, -0.05) is 30.7 Å². The van der Waals surface area contributed by atoms with Crippen molar-refractivity contribution in [1.82, 2.24) is 5.32 Å². The number of benzene rings is 2. The Bertz CT molecular complexity index is 1250. The van der Waals surface area contributed by atoms with E-state index in [1.807, 2.05) is 37.3 Å². The lowest BCUT2D eigenvalue weighted by molar-refractivity contribution is -0.146. The molecule has 0 bridgehead atoms. The van der Waals surface area contributed by atoms with E-state index in [2.05, 4.69) is 10.6 Å². The van der Waals surface area contributed by atoms with Gasteiger partial charge >= 0.3 is 0 Å². The molecule has 2 amide bonds. The molecule has 0 radical (unpaired) electrons. The van der Waals surface area contributed by atoms with Gasteiger partial charge in [-0.2, -0.15) is 0 Å². The number of aliphatic hydroxyl groups excluding tert-OH is 1. The number of amides is 2. The third-order valence-corrected chi connectivity index (χ3v) is 11.2. The van der Waals surface area contributed by atoms with E-state index in [1.54, 1.807) is 30.1 Å². The van der Waals surface area contributed by atoms with Gasteiger partial charge in [0.05, 0.1) is 24.3 Å². The second-order valence-corrected chi connectivity index (χ2v) is 15.8. The average molecular weight is 574 g/mol. The molecule has 2 aromatic carbocycles. The molecule has 3 N–H and O–H groups in total. The minimum absolute atomic E-state index is 0.0114. The minimum atomic E-state index is -3.26. The number of ether oxygens (including phenoxy) is 1. The number of carbonyl (C=O) groups is 2. The van der Waals surface area contributed by atoms with Crippen molar-refractivity contribution in [2.75, 3.05) is 29.9 Å². The summed E-state index contributed by atoms with van der Waals surface area (Å²) >= 11 is 6.41. The number of anilines is 2. The molecule has 3 heterocycles. The number of aliphatic hydroxyl groups is 1. The van der Waals surface area contributed by atoms with Crippen LogP contribution in [-0.4, -0.2) is 51.1 Å². The van der Waals surface area contributed by atoms with Gasteiger partial charge in [0, 0.05) is 40.9 Å². The van der Waals surface area contributed by atoms with Gasteiger partial charge in [-0.3, -0.25) is 9.59 Å². The summed E-state index contributed by atoms with van der Waals surface area (Å²) in [5, 5.41) is 16.5. The summed E-state index contributed by atoms with van der Waals surface area (Å²) in [7, 11) is -3.26. The third-order valence-electron chi connectivity index (χ3n) is 8.54. The molecule has 3 aliphatic heterocycles. The maximum atomic E-state index is 15.7. The number of piperidine rings is 1. The van der Waals surface area contributed by atoms with Crippen LogP contribution in [0, 0.1) is 11.8 Å². The molecular weight excluding hydrogens is 537 g/mol. The first-order valence-corrected chi connectivity index (χ1v) is 17.1. The molecule has 1 unspecified atom stereocenters. The zero-order valence-electron chi connectivity index (χ0n) is 22.7. The molecule has 5 atom stereocenters. The van der Waals surface area contributed by atoms with Crippen molar-refractivity contribution in [1.29, 1.82) is 0 Å². The van der Waals surface area contributed by atoms with Gasteiger partial charge in [0.25, 0.3) is 5.91 Å². The second kappa shape index (κ2) is 10.9. The number of carbonyl (C=O) groups excluding carboxylic acids is 2. The number of nitrogens with zero attached hydrogens (tertiary/aromatic N) is 1. The highest BCUT2D eigenvalue weighted by Gasteiger charge is 2.66. The van der Waals surface area contributed by atoms with Crippen LogP contribution in [0.3, 0.4) is 0 Å². The first kappa shape index (κ1) is 28.2. The maximum absolute atomic E-state index is 15.7. The Hall–Kier alpha value is -2.30. The number of fused-ring (bicyclic) bond motifs is 2. The van der Waals surface area contributed by atoms with Gasteiger partial charge < -0.3 is 29.5 Å². The van der Waals surface area contributed by atoms with Crippen molar-refractivity contribution in [2.24, 2.45) is 11.8 Å². The fourth-order valence-electron chi connectivity index (χ4n) is 6.82. The van der Waals surface area contributed by atoms with E-state index in [-0.39, 0.29) is 37.3 Å². The van der Waals surface area contributed by atoms with E-state index in [9.17, 15) is 14.7 Å². The molecule has 7 nitrogen and oxygen atoms in total. The summed E-state index contributed by atoms with van der Waals surface area (Å²) in [4.78, 5) is 28.8. The van der Waals surface area contributed by atoms with Crippen LogP contribution < -0.4 is 15.5 Å². The highest BCUT2D eigenvalue weighted by molar-refractivity contribution is 6.72. The van der Waals surface area contributed by atoms with Crippen LogP contribution in [-0.2, 0) is 26.5 Å². The fourth-order valence-corrected chi connectivity index (χ4v) is 9.54. The maximum Gasteiger partial charge on any atom is 0.264 e. The lowest BCUT2D eigenvalue weighted by atomic mass is 9.82. The molecule has 1 spiro atoms. The molecule has 2 aromatic rings. The predicted octanol–water partition coefficient (Wildman–Crippen LogP) is 4.98. The largest absolute Gasteiger partial charge is 0.396 e. The van der Waals surface area contributed by atoms with Crippen LogP contribution in [0.1, 0.15) is 37.3 Å². The Morgan fingerprint density at radius 1 is 1.31 bits per heavy atom. The molecule has 5 rings (SSSR count). The molecule has 0 aliphatic carbocycles. The number of rotatable bonds is 7. The van der Waals surface area contributed by atoms with Crippen LogP contribution in [0.15, 0.2) is 42.5 Å². The van der Waals surface area contributed by atoms with Gasteiger partial charge in [-0.05, 0) is 74.8 Å². The standard InChI is InChI=1S/C29H37ClFN3O4Si/c1-18-26(39(2,3)31)25(11-13-35)38-29(18)23-15-21(30)9-10-24(23)34(28(29)37)17-19-6-4-8-22(14-19)33-27(36)20-7-5-12-32-16-20/h4,6,8-10,14-15,18,20,25-26,32,35H,5,7,11-13,16-17H2,1-3H3,(H,33,36)/t18-,20?,25+,26-,29+/m0/s1. The van der Waals surface area contributed by atoms with E-state index in [4.69, 9.17) is 16.3 Å². The molecule has 39 heavy (non-hydrogen) atoms. The summed E-state index contributed by atoms with van der Waals surface area (Å²) < 4.78 is 22.2. The Balaban J connectivity index is 1.45. The van der Waals surface area contributed by atoms with Gasteiger partial charge in [-0.15, -0.1) is 0 Å². The van der Waals surface area contributed by atoms with Crippen molar-refractivity contribution < 1.29 is 23.5 Å². The molecule has 10 heteroatoms. The Morgan fingerprint density at radius 2 is 2.10 bits per heavy atom. The minimum Gasteiger partial charge on any atom is -0.396 e. The van der Waals surface area contributed by atoms with Crippen LogP contribution in [0.2, 0.25) is 23.7 Å². The number of halogens is 2. The third kappa shape index (κ3) is 5.15. The van der Waals surface area contributed by atoms with Crippen LogP contribution in [0.25, 0.3) is 0 Å². The van der Waals surface area contributed by atoms with Gasteiger partial charge in [-0.25, -0.2) is 0 Å². The Morgan fingerprint density at radius 3 is 2.79 bits per heavy atom. The van der Waals surface area contributed by atoms with E-state index >= 15 is 4.11 Å². The second-order valence-electron chi connectivity index (χ2n) is 11.6. The summed E-state index contributed by atoms with van der Waals surface area (Å²) in [5.41, 5.74) is 1.01. The number of hydrogen-bond acceptors (Lipinski definition) is 5. The predicted molar refractivity (Wildman–Crippen MR) is 153 cm³/mol. The van der Waals surface area contributed by atoms with Gasteiger partial charge in [0.1, 0.15) is 0 Å². The number of hydrogen-bond donors (Lipinski definition) is 3. The first-order chi connectivity index (χ1) is 18.6. The summed E-state index contributed by atoms with van der Waals surface area (Å²) in [5.74, 6) is -0.769. The first-order valence-electron chi connectivity index (χ1n) is 13.8. The lowest BCUT2D eigenvalue weighted by Gasteiger charge is -2.31. The van der Waals surface area contributed by atoms with Crippen LogP contribution >= 0.6 is 11.6 Å².